The summed E-state index contributed by atoms with van der Waals surface area (Å²) in [5.41, 5.74) is 3.18. The first-order chi connectivity index (χ1) is 15.1. The number of para-hydroxylation sites is 1. The van der Waals surface area contributed by atoms with E-state index in [4.69, 9.17) is 9.15 Å². The molecule has 8 heteroatoms. The molecule has 158 valence electrons. The van der Waals surface area contributed by atoms with Crippen LogP contribution in [0.15, 0.2) is 53.3 Å². The molecule has 0 radical (unpaired) electrons. The number of hydrogen-bond acceptors (Lipinski definition) is 6. The molecule has 1 amide bonds. The number of benzene rings is 1. The van der Waals surface area contributed by atoms with Gasteiger partial charge in [-0.25, -0.2) is 4.98 Å². The summed E-state index contributed by atoms with van der Waals surface area (Å²) in [5.74, 6) is 0.868. The van der Waals surface area contributed by atoms with E-state index in [2.05, 4.69) is 21.1 Å². The van der Waals surface area contributed by atoms with Gasteiger partial charge in [-0.2, -0.15) is 5.10 Å². The van der Waals surface area contributed by atoms with Crippen LogP contribution < -0.4 is 4.74 Å². The van der Waals surface area contributed by atoms with Crippen molar-refractivity contribution < 1.29 is 13.9 Å². The average molecular weight is 417 g/mol. The molecule has 1 unspecified atom stereocenters. The van der Waals surface area contributed by atoms with E-state index in [9.17, 15) is 4.79 Å². The van der Waals surface area contributed by atoms with Gasteiger partial charge in [-0.15, -0.1) is 0 Å². The Hall–Kier alpha value is -3.68. The quantitative estimate of drug-likeness (QED) is 0.492. The molecule has 0 N–H and O–H groups in total. The summed E-state index contributed by atoms with van der Waals surface area (Å²) < 4.78 is 13.4. The summed E-state index contributed by atoms with van der Waals surface area (Å²) in [5, 5.41) is 5.56. The minimum absolute atomic E-state index is 0.122. The molecule has 1 atom stereocenters. The maximum atomic E-state index is 12.9. The number of nitrogens with zero attached hydrogens (tertiary/aromatic N) is 5. The van der Waals surface area contributed by atoms with Gasteiger partial charge in [-0.3, -0.25) is 14.5 Å². The van der Waals surface area contributed by atoms with Gasteiger partial charge >= 0.3 is 0 Å². The molecule has 1 fully saturated rings. The summed E-state index contributed by atoms with van der Waals surface area (Å²) in [6.45, 7) is 5.43. The number of ether oxygens (including phenoxy) is 1. The van der Waals surface area contributed by atoms with Crippen LogP contribution >= 0.6 is 0 Å². The summed E-state index contributed by atoms with van der Waals surface area (Å²) >= 11 is 0. The number of likely N-dealkylation sites (tertiary alicyclic amines) is 1. The molecule has 3 aromatic heterocycles. The van der Waals surface area contributed by atoms with Crippen molar-refractivity contribution >= 4 is 16.8 Å². The third-order valence-electron chi connectivity index (χ3n) is 5.56. The van der Waals surface area contributed by atoms with Crippen LogP contribution in [0, 0.1) is 13.8 Å². The fourth-order valence-electron chi connectivity index (χ4n) is 4.11. The van der Waals surface area contributed by atoms with Gasteiger partial charge in [0.2, 0.25) is 5.89 Å². The highest BCUT2D eigenvalue weighted by Crippen LogP contribution is 2.26. The SMILES string of the molecule is Cc1cc(C)n(C2CCN(C(=O)c3coc(COc4cccc5cccnc45)n3)C2)n1. The van der Waals surface area contributed by atoms with E-state index in [1.165, 1.54) is 6.26 Å². The lowest BCUT2D eigenvalue weighted by molar-refractivity contribution is 0.0781. The van der Waals surface area contributed by atoms with Gasteiger partial charge in [0.1, 0.15) is 17.5 Å². The molecule has 8 nitrogen and oxygen atoms in total. The van der Waals surface area contributed by atoms with Gasteiger partial charge in [0.25, 0.3) is 5.91 Å². The predicted molar refractivity (Wildman–Crippen MR) is 114 cm³/mol. The Morgan fingerprint density at radius 1 is 1.26 bits per heavy atom. The Bertz CT molecular complexity index is 1240. The maximum absolute atomic E-state index is 12.9. The molecule has 4 aromatic rings. The zero-order chi connectivity index (χ0) is 21.4. The number of oxazole rings is 1. The number of amides is 1. The molecule has 1 aromatic carbocycles. The highest BCUT2D eigenvalue weighted by atomic mass is 16.5. The Labute approximate surface area is 179 Å². The van der Waals surface area contributed by atoms with Crippen LogP contribution in [0.1, 0.15) is 40.2 Å². The van der Waals surface area contributed by atoms with Gasteiger partial charge in [0, 0.05) is 30.4 Å². The lowest BCUT2D eigenvalue weighted by Gasteiger charge is -2.16. The molecule has 1 saturated heterocycles. The fraction of sp³-hybridized carbons (Fsp3) is 0.304. The van der Waals surface area contributed by atoms with Crippen molar-refractivity contribution in [3.8, 4) is 5.75 Å². The summed E-state index contributed by atoms with van der Waals surface area (Å²) in [7, 11) is 0. The molecule has 4 heterocycles. The van der Waals surface area contributed by atoms with Crippen LogP contribution in [0.5, 0.6) is 5.75 Å². The molecule has 5 rings (SSSR count). The number of rotatable bonds is 5. The standard InChI is InChI=1S/C23H23N5O3/c1-15-11-16(2)28(26-15)18-8-10-27(12-18)23(29)19-13-31-21(25-19)14-30-20-7-3-5-17-6-4-9-24-22(17)20/h3-7,9,11,13,18H,8,10,12,14H2,1-2H3. The van der Waals surface area contributed by atoms with E-state index < -0.39 is 0 Å². The van der Waals surface area contributed by atoms with Gasteiger partial charge in [0.05, 0.1) is 11.7 Å². The van der Waals surface area contributed by atoms with E-state index in [0.29, 0.717) is 30.4 Å². The lowest BCUT2D eigenvalue weighted by Crippen LogP contribution is -2.29. The second-order valence-electron chi connectivity index (χ2n) is 7.81. The summed E-state index contributed by atoms with van der Waals surface area (Å²) in [4.78, 5) is 23.4. The van der Waals surface area contributed by atoms with Crippen LogP contribution in [-0.4, -0.2) is 43.6 Å². The molecule has 31 heavy (non-hydrogen) atoms. The van der Waals surface area contributed by atoms with Crippen molar-refractivity contribution in [3.05, 3.63) is 71.8 Å². The van der Waals surface area contributed by atoms with Crippen molar-refractivity contribution in [3.63, 3.8) is 0 Å². The number of aromatic nitrogens is 4. The fourth-order valence-corrected chi connectivity index (χ4v) is 4.11. The first-order valence-electron chi connectivity index (χ1n) is 10.3. The smallest absolute Gasteiger partial charge is 0.275 e. The van der Waals surface area contributed by atoms with E-state index in [-0.39, 0.29) is 18.6 Å². The largest absolute Gasteiger partial charge is 0.482 e. The normalized spacial score (nSPS) is 16.2. The molecular weight excluding hydrogens is 394 g/mol. The van der Waals surface area contributed by atoms with Crippen molar-refractivity contribution in [1.29, 1.82) is 0 Å². The first-order valence-corrected chi connectivity index (χ1v) is 10.3. The summed E-state index contributed by atoms with van der Waals surface area (Å²) in [6.07, 6.45) is 4.00. The Balaban J connectivity index is 1.24. The van der Waals surface area contributed by atoms with E-state index in [1.807, 2.05) is 48.9 Å². The molecule has 0 saturated carbocycles. The Kier molecular flexibility index (Phi) is 4.89. The van der Waals surface area contributed by atoms with Crippen LogP contribution in [0.2, 0.25) is 0 Å². The molecule has 0 spiro atoms. The third kappa shape index (κ3) is 3.76. The number of carbonyl (C=O) groups is 1. The Morgan fingerprint density at radius 3 is 2.97 bits per heavy atom. The highest BCUT2D eigenvalue weighted by molar-refractivity contribution is 5.92. The van der Waals surface area contributed by atoms with Crippen molar-refractivity contribution in [2.75, 3.05) is 13.1 Å². The zero-order valence-electron chi connectivity index (χ0n) is 17.5. The maximum Gasteiger partial charge on any atom is 0.275 e. The molecule has 0 bridgehead atoms. The van der Waals surface area contributed by atoms with Crippen LogP contribution in [-0.2, 0) is 6.61 Å². The molecule has 0 aliphatic carbocycles. The lowest BCUT2D eigenvalue weighted by atomic mass is 10.2. The molecule has 1 aliphatic rings. The average Bonchev–Trinajstić information content (AvgIpc) is 3.51. The number of pyridine rings is 1. The van der Waals surface area contributed by atoms with Gasteiger partial charge in [-0.1, -0.05) is 18.2 Å². The topological polar surface area (TPSA) is 86.3 Å². The van der Waals surface area contributed by atoms with E-state index in [1.54, 1.807) is 11.1 Å². The minimum atomic E-state index is -0.133. The predicted octanol–water partition coefficient (Wildman–Crippen LogP) is 3.70. The number of aryl methyl sites for hydroxylation is 2. The van der Waals surface area contributed by atoms with Crippen molar-refractivity contribution in [2.45, 2.75) is 32.9 Å². The third-order valence-corrected chi connectivity index (χ3v) is 5.56. The van der Waals surface area contributed by atoms with Crippen molar-refractivity contribution in [2.24, 2.45) is 0 Å². The minimum Gasteiger partial charge on any atom is -0.482 e. The number of hydrogen-bond donors (Lipinski definition) is 0. The second kappa shape index (κ2) is 7.86. The highest BCUT2D eigenvalue weighted by Gasteiger charge is 2.30. The van der Waals surface area contributed by atoms with E-state index in [0.717, 1.165) is 28.7 Å². The van der Waals surface area contributed by atoms with E-state index >= 15 is 0 Å². The first kappa shape index (κ1) is 19.3. The number of carbonyl (C=O) groups excluding carboxylic acids is 1. The Morgan fingerprint density at radius 2 is 2.13 bits per heavy atom. The number of fused-ring (bicyclic) bond motifs is 1. The van der Waals surface area contributed by atoms with Crippen LogP contribution in [0.4, 0.5) is 0 Å². The van der Waals surface area contributed by atoms with Crippen molar-refractivity contribution in [1.82, 2.24) is 24.6 Å². The van der Waals surface area contributed by atoms with Gasteiger partial charge < -0.3 is 14.1 Å². The van der Waals surface area contributed by atoms with Crippen LogP contribution in [0.25, 0.3) is 10.9 Å². The van der Waals surface area contributed by atoms with Gasteiger partial charge in [0.15, 0.2) is 12.3 Å². The van der Waals surface area contributed by atoms with Crippen LogP contribution in [0.3, 0.4) is 0 Å². The zero-order valence-corrected chi connectivity index (χ0v) is 17.5. The molecule has 1 aliphatic heterocycles. The van der Waals surface area contributed by atoms with Gasteiger partial charge in [-0.05, 0) is 38.5 Å². The monoisotopic (exact) mass is 417 g/mol. The molecular formula is C23H23N5O3. The second-order valence-corrected chi connectivity index (χ2v) is 7.81. The summed E-state index contributed by atoms with van der Waals surface area (Å²) in [6, 6.07) is 11.9.